The minimum absolute atomic E-state index is 0.329. The van der Waals surface area contributed by atoms with Crippen LogP contribution in [0.25, 0.3) is 0 Å². The van der Waals surface area contributed by atoms with Crippen molar-refractivity contribution in [1.82, 2.24) is 5.32 Å². The fraction of sp³-hybridized carbons (Fsp3) is 0.500. The summed E-state index contributed by atoms with van der Waals surface area (Å²) in [6.07, 6.45) is 0. The summed E-state index contributed by atoms with van der Waals surface area (Å²) in [5, 5.41) is 3.27. The van der Waals surface area contributed by atoms with E-state index in [2.05, 4.69) is 47.2 Å². The molecule has 3 heteroatoms. The first kappa shape index (κ1) is 11.0. The van der Waals surface area contributed by atoms with Gasteiger partial charge in [0.25, 0.3) is 0 Å². The maximum absolute atomic E-state index is 5.77. The summed E-state index contributed by atoms with van der Waals surface area (Å²) >= 11 is 3.56. The van der Waals surface area contributed by atoms with Crippen LogP contribution in [0.15, 0.2) is 16.6 Å². The molecule has 0 bridgehead atoms. The molecule has 1 N–H and O–H groups in total. The zero-order chi connectivity index (χ0) is 11.0. The van der Waals surface area contributed by atoms with Gasteiger partial charge < -0.3 is 10.1 Å². The molecule has 82 valence electrons. The Balaban J connectivity index is 2.52. The molecule has 2 rings (SSSR count). The molecule has 1 heterocycles. The van der Waals surface area contributed by atoms with Gasteiger partial charge in [0.15, 0.2) is 0 Å². The maximum atomic E-state index is 5.77. The van der Waals surface area contributed by atoms with Crippen molar-refractivity contribution in [2.24, 2.45) is 0 Å². The number of halogens is 1. The van der Waals surface area contributed by atoms with Crippen molar-refractivity contribution in [1.29, 1.82) is 0 Å². The Morgan fingerprint density at radius 1 is 1.47 bits per heavy atom. The highest BCUT2D eigenvalue weighted by atomic mass is 79.9. The van der Waals surface area contributed by atoms with E-state index in [-0.39, 0.29) is 0 Å². The van der Waals surface area contributed by atoms with Crippen LogP contribution in [0.5, 0.6) is 5.75 Å². The maximum Gasteiger partial charge on any atom is 0.127 e. The standard InChI is InChI=1S/C12H16BrNO/c1-7(2)9-4-8(13)5-10-11(14-3)6-15-12(9)10/h4-5,7,11,14H,6H2,1-3H3. The molecule has 0 aromatic heterocycles. The lowest BCUT2D eigenvalue weighted by Gasteiger charge is -2.12. The predicted octanol–water partition coefficient (Wildman–Crippen LogP) is 3.23. The number of nitrogens with one attached hydrogen (secondary N) is 1. The average molecular weight is 270 g/mol. The molecule has 15 heavy (non-hydrogen) atoms. The van der Waals surface area contributed by atoms with Gasteiger partial charge in [-0.2, -0.15) is 0 Å². The molecule has 1 aromatic rings. The second kappa shape index (κ2) is 4.14. The first-order chi connectivity index (χ1) is 7.13. The van der Waals surface area contributed by atoms with Crippen molar-refractivity contribution in [3.63, 3.8) is 0 Å². The number of benzene rings is 1. The van der Waals surface area contributed by atoms with Crippen molar-refractivity contribution < 1.29 is 4.74 Å². The van der Waals surface area contributed by atoms with E-state index in [1.54, 1.807) is 0 Å². The Hall–Kier alpha value is -0.540. The minimum Gasteiger partial charge on any atom is -0.491 e. The fourth-order valence-electron chi connectivity index (χ4n) is 1.99. The van der Waals surface area contributed by atoms with Crippen LogP contribution in [0.2, 0.25) is 0 Å². The molecule has 0 fully saturated rings. The van der Waals surface area contributed by atoms with Gasteiger partial charge in [0.05, 0.1) is 6.04 Å². The first-order valence-corrected chi connectivity index (χ1v) is 6.06. The normalized spacial score (nSPS) is 19.1. The van der Waals surface area contributed by atoms with Gasteiger partial charge >= 0.3 is 0 Å². The largest absolute Gasteiger partial charge is 0.491 e. The van der Waals surface area contributed by atoms with Crippen LogP contribution in [0.4, 0.5) is 0 Å². The number of rotatable bonds is 2. The Bertz CT molecular complexity index is 376. The van der Waals surface area contributed by atoms with E-state index >= 15 is 0 Å². The van der Waals surface area contributed by atoms with Crippen molar-refractivity contribution in [3.8, 4) is 5.75 Å². The van der Waals surface area contributed by atoms with E-state index in [4.69, 9.17) is 4.74 Å². The highest BCUT2D eigenvalue weighted by Gasteiger charge is 2.26. The summed E-state index contributed by atoms with van der Waals surface area (Å²) in [4.78, 5) is 0. The number of fused-ring (bicyclic) bond motifs is 1. The molecule has 0 aliphatic carbocycles. The zero-order valence-corrected chi connectivity index (χ0v) is 10.9. The SMILES string of the molecule is CNC1COc2c(C(C)C)cc(Br)cc21. The number of ether oxygens (including phenoxy) is 1. The van der Waals surface area contributed by atoms with Crippen LogP contribution in [0.3, 0.4) is 0 Å². The number of hydrogen-bond donors (Lipinski definition) is 1. The summed E-state index contributed by atoms with van der Waals surface area (Å²) < 4.78 is 6.90. The van der Waals surface area contributed by atoms with E-state index in [9.17, 15) is 0 Å². The van der Waals surface area contributed by atoms with Gasteiger partial charge in [0, 0.05) is 10.0 Å². The minimum atomic E-state index is 0.329. The summed E-state index contributed by atoms with van der Waals surface area (Å²) in [7, 11) is 1.97. The lowest BCUT2D eigenvalue weighted by Crippen LogP contribution is -2.17. The monoisotopic (exact) mass is 269 g/mol. The molecule has 0 saturated heterocycles. The van der Waals surface area contributed by atoms with Crippen molar-refractivity contribution in [2.75, 3.05) is 13.7 Å². The highest BCUT2D eigenvalue weighted by Crippen LogP contribution is 2.40. The Labute approximate surface area is 99.1 Å². The third-order valence-corrected chi connectivity index (χ3v) is 3.31. The van der Waals surface area contributed by atoms with E-state index in [0.29, 0.717) is 12.0 Å². The van der Waals surface area contributed by atoms with Gasteiger partial charge in [-0.3, -0.25) is 0 Å². The average Bonchev–Trinajstić information content (AvgIpc) is 2.58. The van der Waals surface area contributed by atoms with E-state index in [0.717, 1.165) is 16.8 Å². The van der Waals surface area contributed by atoms with Gasteiger partial charge in [0.2, 0.25) is 0 Å². The van der Waals surface area contributed by atoms with Gasteiger partial charge in [-0.1, -0.05) is 29.8 Å². The molecular formula is C12H16BrNO. The number of hydrogen-bond acceptors (Lipinski definition) is 2. The molecule has 1 atom stereocenters. The third-order valence-electron chi connectivity index (χ3n) is 2.85. The predicted molar refractivity (Wildman–Crippen MR) is 65.5 cm³/mol. The second-order valence-corrected chi connectivity index (χ2v) is 5.14. The summed E-state index contributed by atoms with van der Waals surface area (Å²) in [6.45, 7) is 5.12. The van der Waals surface area contributed by atoms with Crippen LogP contribution in [0.1, 0.15) is 36.9 Å². The van der Waals surface area contributed by atoms with Gasteiger partial charge in [-0.25, -0.2) is 0 Å². The lowest BCUT2D eigenvalue weighted by molar-refractivity contribution is 0.315. The van der Waals surface area contributed by atoms with Crippen LogP contribution < -0.4 is 10.1 Å². The summed E-state index contributed by atoms with van der Waals surface area (Å²) in [6, 6.07) is 4.63. The van der Waals surface area contributed by atoms with Crippen LogP contribution in [-0.4, -0.2) is 13.7 Å². The molecule has 1 aliphatic heterocycles. The van der Waals surface area contributed by atoms with E-state index < -0.39 is 0 Å². The fourth-order valence-corrected chi connectivity index (χ4v) is 2.48. The molecule has 0 spiro atoms. The molecule has 1 aromatic carbocycles. The van der Waals surface area contributed by atoms with Crippen LogP contribution in [-0.2, 0) is 0 Å². The third kappa shape index (κ3) is 1.91. The quantitative estimate of drug-likeness (QED) is 0.890. The molecule has 1 aliphatic rings. The molecule has 1 unspecified atom stereocenters. The summed E-state index contributed by atoms with van der Waals surface area (Å²) in [5.41, 5.74) is 2.56. The Morgan fingerprint density at radius 3 is 2.80 bits per heavy atom. The van der Waals surface area contributed by atoms with Crippen molar-refractivity contribution in [3.05, 3.63) is 27.7 Å². The molecule has 0 radical (unpaired) electrons. The topological polar surface area (TPSA) is 21.3 Å². The molecule has 0 saturated carbocycles. The highest BCUT2D eigenvalue weighted by molar-refractivity contribution is 9.10. The van der Waals surface area contributed by atoms with Crippen molar-refractivity contribution in [2.45, 2.75) is 25.8 Å². The van der Waals surface area contributed by atoms with Gasteiger partial charge in [-0.15, -0.1) is 0 Å². The van der Waals surface area contributed by atoms with Crippen LogP contribution >= 0.6 is 15.9 Å². The molecular weight excluding hydrogens is 254 g/mol. The number of likely N-dealkylation sites (N-methyl/N-ethyl adjacent to an activating group) is 1. The van der Waals surface area contributed by atoms with E-state index in [1.165, 1.54) is 11.1 Å². The molecule has 0 amide bonds. The second-order valence-electron chi connectivity index (χ2n) is 4.22. The molecule has 2 nitrogen and oxygen atoms in total. The zero-order valence-electron chi connectivity index (χ0n) is 9.30. The van der Waals surface area contributed by atoms with E-state index in [1.807, 2.05) is 7.05 Å². The van der Waals surface area contributed by atoms with Crippen LogP contribution in [0, 0.1) is 0 Å². The smallest absolute Gasteiger partial charge is 0.127 e. The van der Waals surface area contributed by atoms with Gasteiger partial charge in [0.1, 0.15) is 12.4 Å². The van der Waals surface area contributed by atoms with Crippen molar-refractivity contribution >= 4 is 15.9 Å². The Kier molecular flexibility index (Phi) is 3.03. The summed E-state index contributed by atoms with van der Waals surface area (Å²) in [5.74, 6) is 1.57. The lowest BCUT2D eigenvalue weighted by atomic mass is 9.98. The van der Waals surface area contributed by atoms with Gasteiger partial charge in [-0.05, 0) is 30.7 Å². The first-order valence-electron chi connectivity index (χ1n) is 5.27. The Morgan fingerprint density at radius 2 is 2.20 bits per heavy atom.